The van der Waals surface area contributed by atoms with Crippen LogP contribution in [0, 0.1) is 11.3 Å². The van der Waals surface area contributed by atoms with Crippen molar-refractivity contribution in [1.82, 2.24) is 4.31 Å². The van der Waals surface area contributed by atoms with E-state index < -0.39 is 10.0 Å². The molecule has 1 aliphatic rings. The summed E-state index contributed by atoms with van der Waals surface area (Å²) in [6.07, 6.45) is 0.855. The lowest BCUT2D eigenvalue weighted by molar-refractivity contribution is 0.406. The van der Waals surface area contributed by atoms with Gasteiger partial charge in [-0.3, -0.25) is 0 Å². The Kier molecular flexibility index (Phi) is 4.53. The number of sulfonamides is 1. The second-order valence-corrected chi connectivity index (χ2v) is 8.68. The van der Waals surface area contributed by atoms with E-state index in [-0.39, 0.29) is 17.7 Å². The first-order chi connectivity index (χ1) is 11.0. The largest absolute Gasteiger partial charge is 0.218 e. The van der Waals surface area contributed by atoms with Gasteiger partial charge in [0.25, 0.3) is 0 Å². The molecule has 0 unspecified atom stereocenters. The Morgan fingerprint density at radius 2 is 2.22 bits per heavy atom. The Labute approximate surface area is 141 Å². The van der Waals surface area contributed by atoms with Crippen molar-refractivity contribution >= 4 is 21.4 Å². The van der Waals surface area contributed by atoms with Crippen molar-refractivity contribution in [2.24, 2.45) is 0 Å². The van der Waals surface area contributed by atoms with Gasteiger partial charge in [-0.25, -0.2) is 8.42 Å². The fraction of sp³-hybridized carbons (Fsp3) is 0.353. The van der Waals surface area contributed by atoms with Crippen molar-refractivity contribution in [2.45, 2.75) is 31.1 Å². The highest BCUT2D eigenvalue weighted by Crippen LogP contribution is 2.35. The Morgan fingerprint density at radius 3 is 2.91 bits per heavy atom. The summed E-state index contributed by atoms with van der Waals surface area (Å²) in [7, 11) is -3.38. The number of hydrogen-bond donors (Lipinski definition) is 0. The summed E-state index contributed by atoms with van der Waals surface area (Å²) in [5.74, 6) is 0.222. The smallest absolute Gasteiger partial charge is 0.212 e. The summed E-state index contributed by atoms with van der Waals surface area (Å²) in [5.41, 5.74) is 2.38. The highest BCUT2D eigenvalue weighted by molar-refractivity contribution is 7.88. The lowest BCUT2D eigenvalue weighted by atomic mass is 10.00. The van der Waals surface area contributed by atoms with Gasteiger partial charge in [-0.05, 0) is 53.4 Å². The second-order valence-electron chi connectivity index (χ2n) is 5.98. The molecule has 0 saturated carbocycles. The van der Waals surface area contributed by atoms with E-state index in [2.05, 4.69) is 11.4 Å². The van der Waals surface area contributed by atoms with Crippen molar-refractivity contribution in [2.75, 3.05) is 6.54 Å². The molecule has 2 aromatic rings. The normalized spacial score (nSPS) is 22.1. The summed E-state index contributed by atoms with van der Waals surface area (Å²) in [6.45, 7) is 2.51. The molecule has 0 amide bonds. The van der Waals surface area contributed by atoms with Crippen molar-refractivity contribution < 1.29 is 8.42 Å². The van der Waals surface area contributed by atoms with Crippen LogP contribution in [-0.2, 0) is 15.8 Å². The monoisotopic (exact) mass is 346 g/mol. The van der Waals surface area contributed by atoms with Crippen molar-refractivity contribution in [1.29, 1.82) is 5.26 Å². The van der Waals surface area contributed by atoms with Gasteiger partial charge < -0.3 is 0 Å². The minimum atomic E-state index is -3.38. The van der Waals surface area contributed by atoms with Crippen molar-refractivity contribution in [3.05, 3.63) is 57.8 Å². The van der Waals surface area contributed by atoms with E-state index in [1.54, 1.807) is 39.9 Å². The molecule has 1 aromatic carbocycles. The average Bonchev–Trinajstić information content (AvgIpc) is 3.16. The summed E-state index contributed by atoms with van der Waals surface area (Å²) in [5, 5.41) is 13.1. The Bertz CT molecular complexity index is 823. The van der Waals surface area contributed by atoms with Gasteiger partial charge in [0.1, 0.15) is 0 Å². The van der Waals surface area contributed by atoms with Crippen LogP contribution >= 0.6 is 11.3 Å². The molecule has 0 spiro atoms. The van der Waals surface area contributed by atoms with E-state index in [0.717, 1.165) is 6.42 Å². The SMILES string of the molecule is C[C@@H]1C[C@@H](c2ccsc2)CN1S(=O)(=O)Cc1cccc(C#N)c1. The maximum Gasteiger partial charge on any atom is 0.218 e. The minimum absolute atomic E-state index is 0.00375. The third-order valence-corrected chi connectivity index (χ3v) is 6.92. The molecule has 1 saturated heterocycles. The Balaban J connectivity index is 1.78. The third-order valence-electron chi connectivity index (χ3n) is 4.29. The van der Waals surface area contributed by atoms with E-state index in [9.17, 15) is 8.42 Å². The van der Waals surface area contributed by atoms with Crippen LogP contribution in [0.4, 0.5) is 0 Å². The number of rotatable bonds is 4. The number of nitrogens with zero attached hydrogens (tertiary/aromatic N) is 2. The maximum atomic E-state index is 12.8. The molecule has 3 rings (SSSR count). The molecule has 2 heterocycles. The second kappa shape index (κ2) is 6.44. The molecule has 0 bridgehead atoms. The highest BCUT2D eigenvalue weighted by atomic mass is 32.2. The van der Waals surface area contributed by atoms with Crippen molar-refractivity contribution in [3.8, 4) is 6.07 Å². The zero-order chi connectivity index (χ0) is 16.4. The first-order valence-corrected chi connectivity index (χ1v) is 10.1. The lowest BCUT2D eigenvalue weighted by Gasteiger charge is -2.21. The van der Waals surface area contributed by atoms with Gasteiger partial charge in [-0.15, -0.1) is 0 Å². The van der Waals surface area contributed by atoms with Gasteiger partial charge in [0, 0.05) is 18.5 Å². The minimum Gasteiger partial charge on any atom is -0.212 e. The summed E-state index contributed by atoms with van der Waals surface area (Å²) >= 11 is 1.64. The lowest BCUT2D eigenvalue weighted by Crippen LogP contribution is -2.34. The Morgan fingerprint density at radius 1 is 1.39 bits per heavy atom. The van der Waals surface area contributed by atoms with Gasteiger partial charge in [-0.1, -0.05) is 12.1 Å². The average molecular weight is 346 g/mol. The summed E-state index contributed by atoms with van der Waals surface area (Å²) in [6, 6.07) is 10.9. The Hall–Kier alpha value is -1.68. The van der Waals surface area contributed by atoms with E-state index in [1.807, 2.05) is 18.4 Å². The topological polar surface area (TPSA) is 61.2 Å². The van der Waals surface area contributed by atoms with E-state index in [4.69, 9.17) is 5.26 Å². The molecule has 0 N–H and O–H groups in total. The first kappa shape index (κ1) is 16.2. The van der Waals surface area contributed by atoms with Crippen LogP contribution in [-0.4, -0.2) is 25.3 Å². The van der Waals surface area contributed by atoms with Crippen LogP contribution in [0.25, 0.3) is 0 Å². The molecular formula is C17H18N2O2S2. The van der Waals surface area contributed by atoms with Crippen LogP contribution < -0.4 is 0 Å². The van der Waals surface area contributed by atoms with Gasteiger partial charge in [0.2, 0.25) is 10.0 Å². The summed E-state index contributed by atoms with van der Waals surface area (Å²) < 4.78 is 27.2. The standard InChI is InChI=1S/C17H18N2O2S2/c1-13-7-17(16-5-6-22-11-16)10-19(13)23(20,21)12-15-4-2-3-14(8-15)9-18/h2-6,8,11,13,17H,7,10,12H2,1H3/t13-,17-/m1/s1. The van der Waals surface area contributed by atoms with Crippen LogP contribution in [0.1, 0.15) is 36.0 Å². The zero-order valence-corrected chi connectivity index (χ0v) is 14.5. The molecule has 2 atom stereocenters. The molecule has 1 fully saturated rings. The molecule has 0 aliphatic carbocycles. The van der Waals surface area contributed by atoms with Crippen LogP contribution in [0.15, 0.2) is 41.1 Å². The molecule has 120 valence electrons. The molecule has 4 nitrogen and oxygen atoms in total. The van der Waals surface area contributed by atoms with Crippen LogP contribution in [0.5, 0.6) is 0 Å². The summed E-state index contributed by atoms with van der Waals surface area (Å²) in [4.78, 5) is 0. The predicted octanol–water partition coefficient (Wildman–Crippen LogP) is 3.33. The van der Waals surface area contributed by atoms with Gasteiger partial charge in [0.15, 0.2) is 0 Å². The number of hydrogen-bond acceptors (Lipinski definition) is 4. The van der Waals surface area contributed by atoms with E-state index in [0.29, 0.717) is 17.7 Å². The molecule has 6 heteroatoms. The maximum absolute atomic E-state index is 12.8. The number of thiophene rings is 1. The quantitative estimate of drug-likeness (QED) is 0.853. The van der Waals surface area contributed by atoms with E-state index in [1.165, 1.54) is 5.56 Å². The molecule has 23 heavy (non-hydrogen) atoms. The fourth-order valence-corrected chi connectivity index (χ4v) is 5.71. The van der Waals surface area contributed by atoms with Crippen LogP contribution in [0.2, 0.25) is 0 Å². The number of nitriles is 1. The molecular weight excluding hydrogens is 328 g/mol. The highest BCUT2D eigenvalue weighted by Gasteiger charge is 2.37. The molecule has 1 aromatic heterocycles. The predicted molar refractivity (Wildman–Crippen MR) is 91.6 cm³/mol. The fourth-order valence-electron chi connectivity index (χ4n) is 3.16. The van der Waals surface area contributed by atoms with Crippen molar-refractivity contribution in [3.63, 3.8) is 0 Å². The van der Waals surface area contributed by atoms with Crippen LogP contribution in [0.3, 0.4) is 0 Å². The molecule has 0 radical (unpaired) electrons. The van der Waals surface area contributed by atoms with Gasteiger partial charge in [0.05, 0.1) is 17.4 Å². The first-order valence-electron chi connectivity index (χ1n) is 7.50. The van der Waals surface area contributed by atoms with E-state index >= 15 is 0 Å². The van der Waals surface area contributed by atoms with Gasteiger partial charge >= 0.3 is 0 Å². The van der Waals surface area contributed by atoms with Gasteiger partial charge in [-0.2, -0.15) is 20.9 Å². The molecule has 1 aliphatic heterocycles. The third kappa shape index (κ3) is 3.47. The zero-order valence-electron chi connectivity index (χ0n) is 12.8. The number of benzene rings is 1.